The molecule has 0 aliphatic rings. The van der Waals surface area contributed by atoms with Crippen molar-refractivity contribution in [2.75, 3.05) is 0 Å². The standard InChI is InChI=1S/C9H5Br2F3O2/c1-4(15)8-6(11)2-5(10)3-7(8)16-9(12,13)14/h2-3H,1H3. The van der Waals surface area contributed by atoms with Gasteiger partial charge in [-0.3, -0.25) is 4.79 Å². The summed E-state index contributed by atoms with van der Waals surface area (Å²) in [7, 11) is 0. The third-order valence-corrected chi connectivity index (χ3v) is 2.68. The van der Waals surface area contributed by atoms with Crippen molar-refractivity contribution in [2.45, 2.75) is 13.3 Å². The molecule has 1 aromatic rings. The molecule has 0 aliphatic heterocycles. The van der Waals surface area contributed by atoms with Gasteiger partial charge in [-0.05, 0) is 35.0 Å². The van der Waals surface area contributed by atoms with Crippen LogP contribution in [0.3, 0.4) is 0 Å². The molecule has 0 saturated carbocycles. The summed E-state index contributed by atoms with van der Waals surface area (Å²) in [6.07, 6.45) is -4.83. The van der Waals surface area contributed by atoms with Gasteiger partial charge in [0, 0.05) is 8.95 Å². The van der Waals surface area contributed by atoms with Gasteiger partial charge in [0.2, 0.25) is 0 Å². The molecule has 2 nitrogen and oxygen atoms in total. The summed E-state index contributed by atoms with van der Waals surface area (Å²) in [6.45, 7) is 1.16. The van der Waals surface area contributed by atoms with Crippen molar-refractivity contribution in [2.24, 2.45) is 0 Å². The van der Waals surface area contributed by atoms with Crippen LogP contribution in [-0.2, 0) is 0 Å². The van der Waals surface area contributed by atoms with E-state index in [1.807, 2.05) is 0 Å². The molecule has 16 heavy (non-hydrogen) atoms. The molecule has 0 radical (unpaired) electrons. The van der Waals surface area contributed by atoms with Crippen LogP contribution in [-0.4, -0.2) is 12.1 Å². The Kier molecular flexibility index (Phi) is 4.01. The van der Waals surface area contributed by atoms with E-state index in [0.717, 1.165) is 13.0 Å². The fraction of sp³-hybridized carbons (Fsp3) is 0.222. The maximum absolute atomic E-state index is 12.1. The number of halogens is 5. The number of alkyl halides is 3. The largest absolute Gasteiger partial charge is 0.573 e. The second-order valence-electron chi connectivity index (χ2n) is 2.86. The molecule has 0 spiro atoms. The summed E-state index contributed by atoms with van der Waals surface area (Å²) in [5.74, 6) is -1.04. The molecule has 1 aromatic carbocycles. The Bertz CT molecular complexity index is 429. The molecule has 0 heterocycles. The molecule has 0 fully saturated rings. The maximum atomic E-state index is 12.1. The third-order valence-electron chi connectivity index (χ3n) is 1.60. The molecule has 0 bridgehead atoms. The van der Waals surface area contributed by atoms with Gasteiger partial charge in [0.1, 0.15) is 5.75 Å². The summed E-state index contributed by atoms with van der Waals surface area (Å²) in [6, 6.07) is 2.56. The Labute approximate surface area is 106 Å². The first-order valence-corrected chi connectivity index (χ1v) is 5.55. The number of Topliss-reactive ketones (excluding diaryl/α,β-unsaturated/α-hetero) is 1. The minimum atomic E-state index is -4.83. The average Bonchev–Trinajstić information content (AvgIpc) is 1.96. The van der Waals surface area contributed by atoms with Gasteiger partial charge in [-0.2, -0.15) is 0 Å². The highest BCUT2D eigenvalue weighted by Crippen LogP contribution is 2.34. The zero-order chi connectivity index (χ0) is 12.5. The lowest BCUT2D eigenvalue weighted by molar-refractivity contribution is -0.274. The summed E-state index contributed by atoms with van der Waals surface area (Å²) in [5.41, 5.74) is -0.138. The Hall–Kier alpha value is -0.560. The lowest BCUT2D eigenvalue weighted by Crippen LogP contribution is -2.19. The molecule has 0 aromatic heterocycles. The van der Waals surface area contributed by atoms with Crippen molar-refractivity contribution in [1.29, 1.82) is 0 Å². The van der Waals surface area contributed by atoms with Crippen LogP contribution in [0.15, 0.2) is 21.1 Å². The number of ether oxygens (including phenoxy) is 1. The summed E-state index contributed by atoms with van der Waals surface area (Å²) in [5, 5.41) is 0. The highest BCUT2D eigenvalue weighted by Gasteiger charge is 2.33. The summed E-state index contributed by atoms with van der Waals surface area (Å²) >= 11 is 6.02. The monoisotopic (exact) mass is 360 g/mol. The predicted molar refractivity (Wildman–Crippen MR) is 58.5 cm³/mol. The average molecular weight is 362 g/mol. The molecule has 0 saturated heterocycles. The SMILES string of the molecule is CC(=O)c1c(Br)cc(Br)cc1OC(F)(F)F. The van der Waals surface area contributed by atoms with Crippen LogP contribution >= 0.6 is 31.9 Å². The van der Waals surface area contributed by atoms with E-state index in [1.165, 1.54) is 6.07 Å². The van der Waals surface area contributed by atoms with Crippen LogP contribution in [0, 0.1) is 0 Å². The van der Waals surface area contributed by atoms with E-state index in [4.69, 9.17) is 0 Å². The zero-order valence-electron chi connectivity index (χ0n) is 7.86. The van der Waals surface area contributed by atoms with Gasteiger partial charge in [-0.1, -0.05) is 15.9 Å². The second kappa shape index (κ2) is 4.75. The maximum Gasteiger partial charge on any atom is 0.573 e. The molecule has 0 amide bonds. The Morgan fingerprint density at radius 1 is 1.31 bits per heavy atom. The van der Waals surface area contributed by atoms with Crippen LogP contribution in [0.2, 0.25) is 0 Å². The van der Waals surface area contributed by atoms with Crippen LogP contribution in [0.1, 0.15) is 17.3 Å². The summed E-state index contributed by atoms with van der Waals surface area (Å²) < 4.78 is 40.6. The molecule has 1 rings (SSSR count). The van der Waals surface area contributed by atoms with Gasteiger partial charge >= 0.3 is 6.36 Å². The van der Waals surface area contributed by atoms with Crippen LogP contribution < -0.4 is 4.74 Å². The summed E-state index contributed by atoms with van der Waals surface area (Å²) in [4.78, 5) is 11.2. The van der Waals surface area contributed by atoms with E-state index in [1.54, 1.807) is 0 Å². The van der Waals surface area contributed by atoms with Crippen LogP contribution in [0.25, 0.3) is 0 Å². The minimum absolute atomic E-state index is 0.138. The number of carbonyl (C=O) groups excluding carboxylic acids is 1. The quantitative estimate of drug-likeness (QED) is 0.733. The number of benzene rings is 1. The predicted octanol–water partition coefficient (Wildman–Crippen LogP) is 4.31. The lowest BCUT2D eigenvalue weighted by Gasteiger charge is -2.13. The second-order valence-corrected chi connectivity index (χ2v) is 4.63. The van der Waals surface area contributed by atoms with Crippen molar-refractivity contribution >= 4 is 37.6 Å². The first-order chi connectivity index (χ1) is 7.20. The lowest BCUT2D eigenvalue weighted by atomic mass is 10.1. The van der Waals surface area contributed by atoms with Gasteiger partial charge in [-0.25, -0.2) is 0 Å². The zero-order valence-corrected chi connectivity index (χ0v) is 11.0. The van der Waals surface area contributed by atoms with Crippen LogP contribution in [0.5, 0.6) is 5.75 Å². The smallest absolute Gasteiger partial charge is 0.405 e. The minimum Gasteiger partial charge on any atom is -0.405 e. The Morgan fingerprint density at radius 2 is 1.88 bits per heavy atom. The number of hydrogen-bond donors (Lipinski definition) is 0. The van der Waals surface area contributed by atoms with Gasteiger partial charge in [0.15, 0.2) is 5.78 Å². The normalized spacial score (nSPS) is 11.4. The fourth-order valence-electron chi connectivity index (χ4n) is 1.10. The van der Waals surface area contributed by atoms with E-state index >= 15 is 0 Å². The van der Waals surface area contributed by atoms with Crippen LogP contribution in [0.4, 0.5) is 13.2 Å². The van der Waals surface area contributed by atoms with Crippen molar-refractivity contribution in [1.82, 2.24) is 0 Å². The molecule has 0 unspecified atom stereocenters. The van der Waals surface area contributed by atoms with Crippen molar-refractivity contribution in [3.8, 4) is 5.75 Å². The van der Waals surface area contributed by atoms with Crippen molar-refractivity contribution < 1.29 is 22.7 Å². The van der Waals surface area contributed by atoms with Gasteiger partial charge in [-0.15, -0.1) is 13.2 Å². The molecule has 7 heteroatoms. The van der Waals surface area contributed by atoms with Gasteiger partial charge in [0.05, 0.1) is 5.56 Å². The van der Waals surface area contributed by atoms with E-state index in [-0.39, 0.29) is 10.0 Å². The highest BCUT2D eigenvalue weighted by molar-refractivity contribution is 9.11. The van der Waals surface area contributed by atoms with E-state index in [0.29, 0.717) is 4.47 Å². The van der Waals surface area contributed by atoms with Gasteiger partial charge < -0.3 is 4.74 Å². The molecular weight excluding hydrogens is 357 g/mol. The number of hydrogen-bond acceptors (Lipinski definition) is 2. The molecule has 88 valence electrons. The Morgan fingerprint density at radius 3 is 2.31 bits per heavy atom. The number of ketones is 1. The first-order valence-electron chi connectivity index (χ1n) is 3.96. The van der Waals surface area contributed by atoms with E-state index in [9.17, 15) is 18.0 Å². The van der Waals surface area contributed by atoms with Crippen molar-refractivity contribution in [3.05, 3.63) is 26.6 Å². The first kappa shape index (κ1) is 13.5. The molecular formula is C9H5Br2F3O2. The van der Waals surface area contributed by atoms with Crippen molar-refractivity contribution in [3.63, 3.8) is 0 Å². The van der Waals surface area contributed by atoms with E-state index in [2.05, 4.69) is 36.6 Å². The van der Waals surface area contributed by atoms with E-state index < -0.39 is 17.9 Å². The van der Waals surface area contributed by atoms with Gasteiger partial charge in [0.25, 0.3) is 0 Å². The highest BCUT2D eigenvalue weighted by atomic mass is 79.9. The third kappa shape index (κ3) is 3.48. The number of rotatable bonds is 2. The molecule has 0 atom stereocenters. The topological polar surface area (TPSA) is 26.3 Å². The number of carbonyl (C=O) groups is 1. The Balaban J connectivity index is 3.30. The molecule has 0 N–H and O–H groups in total. The molecule has 0 aliphatic carbocycles. The fourth-order valence-corrected chi connectivity index (χ4v) is 2.56.